The molecule has 0 aliphatic rings. The predicted octanol–water partition coefficient (Wildman–Crippen LogP) is 3.77. The molecule has 0 saturated carbocycles. The van der Waals surface area contributed by atoms with Gasteiger partial charge in [0.2, 0.25) is 5.88 Å². The number of aromatic hydroxyl groups is 1. The van der Waals surface area contributed by atoms with Crippen molar-refractivity contribution in [1.82, 2.24) is 10.4 Å². The van der Waals surface area contributed by atoms with Crippen molar-refractivity contribution >= 4 is 66.6 Å². The van der Waals surface area contributed by atoms with Crippen molar-refractivity contribution in [3.63, 3.8) is 0 Å². The molecule has 0 aliphatic heterocycles. The average Bonchev–Trinajstić information content (AvgIpc) is 2.67. The number of amides is 1. The number of aromatic nitrogens is 1. The third-order valence-corrected chi connectivity index (χ3v) is 5.89. The zero-order chi connectivity index (χ0) is 21.6. The molecule has 0 radical (unpaired) electrons. The summed E-state index contributed by atoms with van der Waals surface area (Å²) in [5, 5.41) is 23.3. The first-order valence-electron chi connectivity index (χ1n) is 7.99. The van der Waals surface area contributed by atoms with E-state index in [9.17, 15) is 15.2 Å². The van der Waals surface area contributed by atoms with E-state index in [0.29, 0.717) is 24.9 Å². The molecule has 2 rings (SSSR count). The first kappa shape index (κ1) is 23.5. The number of carbonyl (C=O) groups excluding carboxylic acids is 1. The van der Waals surface area contributed by atoms with Gasteiger partial charge < -0.3 is 14.6 Å². The van der Waals surface area contributed by atoms with Gasteiger partial charge in [0.05, 0.1) is 22.1 Å². The van der Waals surface area contributed by atoms with Gasteiger partial charge in [0.25, 0.3) is 5.91 Å². The lowest BCUT2D eigenvalue weighted by Crippen LogP contribution is -2.25. The summed E-state index contributed by atoms with van der Waals surface area (Å²) in [4.78, 5) is 16.2. The van der Waals surface area contributed by atoms with Crippen LogP contribution in [0.2, 0.25) is 0 Å². The van der Waals surface area contributed by atoms with Crippen LogP contribution in [0.15, 0.2) is 26.2 Å². The smallest absolute Gasteiger partial charge is 0.278 e. The normalized spacial score (nSPS) is 10.8. The van der Waals surface area contributed by atoms with E-state index in [1.807, 2.05) is 28.7 Å². The van der Waals surface area contributed by atoms with Gasteiger partial charge >= 0.3 is 0 Å². The van der Waals surface area contributed by atoms with Crippen LogP contribution in [0.3, 0.4) is 0 Å². The highest BCUT2D eigenvalue weighted by Gasteiger charge is 2.18. The molecule has 0 spiro atoms. The Balaban J connectivity index is 2.07. The Hall–Kier alpha value is -1.75. The number of nitriles is 1. The van der Waals surface area contributed by atoms with E-state index < -0.39 is 12.5 Å². The van der Waals surface area contributed by atoms with Crippen LogP contribution in [0.5, 0.6) is 11.6 Å². The number of hydrogen-bond acceptors (Lipinski definition) is 7. The Bertz CT molecular complexity index is 1010. The topological polar surface area (TPSA) is 117 Å². The maximum absolute atomic E-state index is 12.0. The first-order valence-corrected chi connectivity index (χ1v) is 10.7. The first-order chi connectivity index (χ1) is 13.8. The van der Waals surface area contributed by atoms with Crippen molar-refractivity contribution in [3.8, 4) is 17.7 Å². The van der Waals surface area contributed by atoms with Gasteiger partial charge in [-0.2, -0.15) is 10.4 Å². The fourth-order valence-electron chi connectivity index (χ4n) is 2.24. The SMILES string of the molecule is COCc1c(Br)c(C)nc(OCC(=O)N/N=C\c2cc(Br)cc(I)c2O)c1C#N. The minimum atomic E-state index is -0.551. The summed E-state index contributed by atoms with van der Waals surface area (Å²) in [6, 6.07) is 5.44. The predicted molar refractivity (Wildman–Crippen MR) is 122 cm³/mol. The summed E-state index contributed by atoms with van der Waals surface area (Å²) in [6.45, 7) is 1.54. The number of hydrazone groups is 1. The van der Waals surface area contributed by atoms with E-state index in [0.717, 1.165) is 4.47 Å². The maximum atomic E-state index is 12.0. The van der Waals surface area contributed by atoms with E-state index >= 15 is 0 Å². The molecule has 1 amide bonds. The van der Waals surface area contributed by atoms with Crippen molar-refractivity contribution in [2.75, 3.05) is 13.7 Å². The highest BCUT2D eigenvalue weighted by molar-refractivity contribution is 14.1. The lowest BCUT2D eigenvalue weighted by Gasteiger charge is -2.13. The molecular weight excluding hydrogens is 623 g/mol. The molecule has 1 aromatic carbocycles. The van der Waals surface area contributed by atoms with Gasteiger partial charge in [0, 0.05) is 27.2 Å². The molecule has 152 valence electrons. The number of nitrogens with one attached hydrogen (secondary N) is 1. The number of halogens is 3. The van der Waals surface area contributed by atoms with Crippen LogP contribution in [0.1, 0.15) is 22.4 Å². The summed E-state index contributed by atoms with van der Waals surface area (Å²) in [7, 11) is 1.51. The van der Waals surface area contributed by atoms with Crippen molar-refractivity contribution in [3.05, 3.63) is 47.0 Å². The Kier molecular flexibility index (Phi) is 8.81. The van der Waals surface area contributed by atoms with Crippen LogP contribution >= 0.6 is 54.5 Å². The van der Waals surface area contributed by atoms with Crippen LogP contribution in [-0.2, 0) is 16.1 Å². The largest absolute Gasteiger partial charge is 0.506 e. The number of ether oxygens (including phenoxy) is 2. The van der Waals surface area contributed by atoms with E-state index in [1.54, 1.807) is 19.1 Å². The van der Waals surface area contributed by atoms with E-state index in [1.165, 1.54) is 13.3 Å². The minimum Gasteiger partial charge on any atom is -0.506 e. The molecule has 2 N–H and O–H groups in total. The number of benzene rings is 1. The molecule has 11 heteroatoms. The quantitative estimate of drug-likeness (QED) is 0.271. The molecule has 2 aromatic rings. The number of rotatable bonds is 7. The van der Waals surface area contributed by atoms with Gasteiger partial charge in [0.1, 0.15) is 17.4 Å². The number of phenols is 1. The van der Waals surface area contributed by atoms with Gasteiger partial charge in [-0.3, -0.25) is 4.79 Å². The highest BCUT2D eigenvalue weighted by Crippen LogP contribution is 2.30. The van der Waals surface area contributed by atoms with Crippen molar-refractivity contribution in [2.45, 2.75) is 13.5 Å². The second-order valence-electron chi connectivity index (χ2n) is 5.62. The van der Waals surface area contributed by atoms with Crippen molar-refractivity contribution < 1.29 is 19.4 Å². The summed E-state index contributed by atoms with van der Waals surface area (Å²) in [6.07, 6.45) is 1.32. The monoisotopic (exact) mass is 636 g/mol. The number of phenolic OH excluding ortho intramolecular Hbond substituents is 1. The fourth-order valence-corrected chi connectivity index (χ4v) is 4.19. The molecule has 1 heterocycles. The Morgan fingerprint density at radius 2 is 2.21 bits per heavy atom. The van der Waals surface area contributed by atoms with E-state index in [-0.39, 0.29) is 23.8 Å². The average molecular weight is 638 g/mol. The number of hydrogen-bond donors (Lipinski definition) is 2. The van der Waals surface area contributed by atoms with E-state index in [2.05, 4.69) is 47.4 Å². The van der Waals surface area contributed by atoms with Crippen molar-refractivity contribution in [1.29, 1.82) is 5.26 Å². The van der Waals surface area contributed by atoms with Crippen molar-refractivity contribution in [2.24, 2.45) is 5.10 Å². The molecule has 0 atom stereocenters. The summed E-state index contributed by atoms with van der Waals surface area (Å²) in [5.41, 5.74) is 4.12. The van der Waals surface area contributed by atoms with E-state index in [4.69, 9.17) is 9.47 Å². The Morgan fingerprint density at radius 3 is 2.86 bits per heavy atom. The molecule has 0 saturated heterocycles. The van der Waals surface area contributed by atoms with Crippen LogP contribution in [0.25, 0.3) is 0 Å². The van der Waals surface area contributed by atoms with Crippen LogP contribution < -0.4 is 10.2 Å². The summed E-state index contributed by atoms with van der Waals surface area (Å²) in [5.74, 6) is -0.453. The third-order valence-electron chi connectivity index (χ3n) is 3.56. The molecule has 0 unspecified atom stereocenters. The van der Waals surface area contributed by atoms with Gasteiger partial charge in [-0.1, -0.05) is 15.9 Å². The number of methoxy groups -OCH3 is 1. The third kappa shape index (κ3) is 6.11. The molecule has 8 nitrogen and oxygen atoms in total. The summed E-state index contributed by atoms with van der Waals surface area (Å²) >= 11 is 8.70. The molecule has 1 aromatic heterocycles. The number of pyridine rings is 1. The highest BCUT2D eigenvalue weighted by atomic mass is 127. The molecular formula is C18H15Br2IN4O4. The Labute approximate surface area is 197 Å². The number of nitrogens with zero attached hydrogens (tertiary/aromatic N) is 3. The molecule has 0 aliphatic carbocycles. The standard InChI is InChI=1S/C18H15Br2IN4O4/c1-9-16(20)13(7-28-2)12(5-22)18(24-9)29-8-15(26)25-23-6-10-3-11(19)4-14(21)17(10)27/h3-4,6,27H,7-8H2,1-2H3,(H,25,26)/b23-6-. The second kappa shape index (κ2) is 10.9. The van der Waals surface area contributed by atoms with Crippen LogP contribution in [0, 0.1) is 21.8 Å². The molecule has 29 heavy (non-hydrogen) atoms. The van der Waals surface area contributed by atoms with Gasteiger partial charge in [-0.05, 0) is 57.6 Å². The number of aryl methyl sites for hydroxylation is 1. The van der Waals surface area contributed by atoms with Crippen LogP contribution in [-0.4, -0.2) is 35.9 Å². The minimum absolute atomic E-state index is 0.0403. The fraction of sp³-hybridized carbons (Fsp3) is 0.222. The van der Waals surface area contributed by atoms with Gasteiger partial charge in [-0.25, -0.2) is 10.4 Å². The zero-order valence-electron chi connectivity index (χ0n) is 15.3. The Morgan fingerprint density at radius 1 is 1.48 bits per heavy atom. The second-order valence-corrected chi connectivity index (χ2v) is 8.49. The van der Waals surface area contributed by atoms with Gasteiger partial charge in [-0.15, -0.1) is 0 Å². The van der Waals surface area contributed by atoms with Crippen LogP contribution in [0.4, 0.5) is 0 Å². The van der Waals surface area contributed by atoms with Gasteiger partial charge in [0.15, 0.2) is 6.61 Å². The zero-order valence-corrected chi connectivity index (χ0v) is 20.6. The molecule has 0 fully saturated rings. The number of carbonyl (C=O) groups is 1. The molecule has 0 bridgehead atoms. The maximum Gasteiger partial charge on any atom is 0.278 e. The summed E-state index contributed by atoms with van der Waals surface area (Å²) < 4.78 is 12.6. The lowest BCUT2D eigenvalue weighted by molar-refractivity contribution is -0.123. The lowest BCUT2D eigenvalue weighted by atomic mass is 10.1.